The van der Waals surface area contributed by atoms with Crippen molar-refractivity contribution in [3.63, 3.8) is 0 Å². The van der Waals surface area contributed by atoms with E-state index in [1.165, 1.54) is 17.4 Å². The molecule has 7 heteroatoms. The molecule has 0 saturated carbocycles. The third kappa shape index (κ3) is 4.03. The molecule has 3 aromatic rings. The van der Waals surface area contributed by atoms with Crippen LogP contribution in [-0.2, 0) is 11.3 Å². The molecule has 0 saturated heterocycles. The van der Waals surface area contributed by atoms with E-state index < -0.39 is 0 Å². The Kier molecular flexibility index (Phi) is 5.36. The molecule has 0 bridgehead atoms. The third-order valence-electron chi connectivity index (χ3n) is 4.24. The monoisotopic (exact) mass is 406 g/mol. The lowest BCUT2D eigenvalue weighted by atomic mass is 10.2. The Hall–Kier alpha value is -3.50. The van der Waals surface area contributed by atoms with E-state index in [1.807, 2.05) is 47.9 Å². The molecular weight excluding hydrogens is 388 g/mol. The van der Waals surface area contributed by atoms with Crippen LogP contribution in [0, 0.1) is 12.3 Å². The van der Waals surface area contributed by atoms with Gasteiger partial charge in [0.25, 0.3) is 5.91 Å². The molecule has 2 heterocycles. The summed E-state index contributed by atoms with van der Waals surface area (Å²) < 4.78 is 19.0. The molecular formula is C22H18N2O4S. The predicted molar refractivity (Wildman–Crippen MR) is 112 cm³/mol. The molecule has 0 aliphatic carbocycles. The predicted octanol–water partition coefficient (Wildman–Crippen LogP) is 3.60. The molecule has 146 valence electrons. The standard InChI is InChI=1S/C22H18N2O4S/c1-3-11-24-17-8-7-16(26-4-2)13-20(17)29-22(24)23-21(25)10-6-15-5-9-18-19(12-15)28-14-27-18/h1,5-10,12-13H,4,11,14H2,2H3. The maximum absolute atomic E-state index is 12.4. The fourth-order valence-corrected chi connectivity index (χ4v) is 4.02. The number of terminal acetylenes is 1. The van der Waals surface area contributed by atoms with Crippen LogP contribution < -0.4 is 19.0 Å². The molecule has 0 atom stereocenters. The minimum atomic E-state index is -0.370. The van der Waals surface area contributed by atoms with Crippen molar-refractivity contribution in [1.29, 1.82) is 0 Å². The van der Waals surface area contributed by atoms with Gasteiger partial charge in [-0.15, -0.1) is 6.42 Å². The van der Waals surface area contributed by atoms with Gasteiger partial charge in [0.1, 0.15) is 5.75 Å². The van der Waals surface area contributed by atoms with E-state index in [4.69, 9.17) is 20.6 Å². The Balaban J connectivity index is 1.64. The van der Waals surface area contributed by atoms with Gasteiger partial charge in [-0.2, -0.15) is 4.99 Å². The van der Waals surface area contributed by atoms with Crippen molar-refractivity contribution in [2.75, 3.05) is 13.4 Å². The van der Waals surface area contributed by atoms with Crippen molar-refractivity contribution >= 4 is 33.5 Å². The van der Waals surface area contributed by atoms with Gasteiger partial charge in [-0.05, 0) is 48.9 Å². The summed E-state index contributed by atoms with van der Waals surface area (Å²) in [6, 6.07) is 11.2. The number of hydrogen-bond acceptors (Lipinski definition) is 5. The van der Waals surface area contributed by atoms with Crippen LogP contribution in [0.5, 0.6) is 17.2 Å². The first-order valence-electron chi connectivity index (χ1n) is 9.04. The number of nitrogens with zero attached hydrogens (tertiary/aromatic N) is 2. The number of ether oxygens (including phenoxy) is 3. The van der Waals surface area contributed by atoms with Crippen molar-refractivity contribution < 1.29 is 19.0 Å². The molecule has 29 heavy (non-hydrogen) atoms. The van der Waals surface area contributed by atoms with Gasteiger partial charge in [0.2, 0.25) is 6.79 Å². The van der Waals surface area contributed by atoms with E-state index in [0.29, 0.717) is 29.5 Å². The summed E-state index contributed by atoms with van der Waals surface area (Å²) in [5.74, 6) is 4.39. The summed E-state index contributed by atoms with van der Waals surface area (Å²) >= 11 is 1.40. The zero-order valence-corrected chi connectivity index (χ0v) is 16.6. The quantitative estimate of drug-likeness (QED) is 0.480. The number of carbonyl (C=O) groups excluding carboxylic acids is 1. The molecule has 1 amide bonds. The highest BCUT2D eigenvalue weighted by atomic mass is 32.1. The normalized spacial score (nSPS) is 13.2. The first-order valence-corrected chi connectivity index (χ1v) is 9.85. The summed E-state index contributed by atoms with van der Waals surface area (Å²) in [4.78, 5) is 17.2. The summed E-state index contributed by atoms with van der Waals surface area (Å²) in [7, 11) is 0. The molecule has 1 aliphatic rings. The van der Waals surface area contributed by atoms with Crippen LogP contribution >= 0.6 is 11.3 Å². The second-order valence-electron chi connectivity index (χ2n) is 6.13. The van der Waals surface area contributed by atoms with Crippen molar-refractivity contribution in [3.8, 4) is 29.6 Å². The largest absolute Gasteiger partial charge is 0.494 e. The number of benzene rings is 2. The number of carbonyl (C=O) groups is 1. The maximum atomic E-state index is 12.4. The smallest absolute Gasteiger partial charge is 0.272 e. The summed E-state index contributed by atoms with van der Waals surface area (Å²) in [6.07, 6.45) is 8.63. The first kappa shape index (κ1) is 18.8. The van der Waals surface area contributed by atoms with Gasteiger partial charge >= 0.3 is 0 Å². The van der Waals surface area contributed by atoms with Gasteiger partial charge in [0.15, 0.2) is 16.3 Å². The highest BCUT2D eigenvalue weighted by molar-refractivity contribution is 7.16. The van der Waals surface area contributed by atoms with Gasteiger partial charge in [-0.3, -0.25) is 4.79 Å². The van der Waals surface area contributed by atoms with Crippen molar-refractivity contribution in [1.82, 2.24) is 4.57 Å². The lowest BCUT2D eigenvalue weighted by Gasteiger charge is -2.03. The van der Waals surface area contributed by atoms with Crippen LogP contribution in [0.2, 0.25) is 0 Å². The number of amides is 1. The van der Waals surface area contributed by atoms with Crippen molar-refractivity contribution in [3.05, 3.63) is 52.8 Å². The molecule has 0 unspecified atom stereocenters. The second kappa shape index (κ2) is 8.25. The molecule has 4 rings (SSSR count). The van der Waals surface area contributed by atoms with Gasteiger partial charge in [0, 0.05) is 6.08 Å². The first-order chi connectivity index (χ1) is 14.2. The Morgan fingerprint density at radius 2 is 2.17 bits per heavy atom. The van der Waals surface area contributed by atoms with Crippen LogP contribution in [-0.4, -0.2) is 23.9 Å². The van der Waals surface area contributed by atoms with E-state index in [2.05, 4.69) is 10.9 Å². The summed E-state index contributed by atoms with van der Waals surface area (Å²) in [6.45, 7) is 3.06. The van der Waals surface area contributed by atoms with Crippen molar-refractivity contribution in [2.24, 2.45) is 4.99 Å². The number of hydrogen-bond donors (Lipinski definition) is 0. The molecule has 0 N–H and O–H groups in total. The van der Waals surface area contributed by atoms with Gasteiger partial charge in [0.05, 0.1) is 23.4 Å². The van der Waals surface area contributed by atoms with Crippen LogP contribution in [0.4, 0.5) is 0 Å². The Labute approximate surface area is 171 Å². The molecule has 2 aromatic carbocycles. The van der Waals surface area contributed by atoms with Gasteiger partial charge < -0.3 is 18.8 Å². The molecule has 1 aliphatic heterocycles. The van der Waals surface area contributed by atoms with Gasteiger partial charge in [-0.25, -0.2) is 0 Å². The molecule has 0 spiro atoms. The SMILES string of the molecule is C#CCn1c(=NC(=O)C=Cc2ccc3c(c2)OCO3)sc2cc(OCC)ccc21. The van der Waals surface area contributed by atoms with Crippen molar-refractivity contribution in [2.45, 2.75) is 13.5 Å². The highest BCUT2D eigenvalue weighted by Gasteiger charge is 2.12. The second-order valence-corrected chi connectivity index (χ2v) is 7.14. The Bertz CT molecular complexity index is 1210. The number of thiazole rings is 1. The summed E-state index contributed by atoms with van der Waals surface area (Å²) in [5.41, 5.74) is 1.75. The van der Waals surface area contributed by atoms with E-state index in [1.54, 1.807) is 6.08 Å². The maximum Gasteiger partial charge on any atom is 0.272 e. The van der Waals surface area contributed by atoms with E-state index in [9.17, 15) is 4.79 Å². The van der Waals surface area contributed by atoms with Crippen LogP contribution in [0.3, 0.4) is 0 Å². The highest BCUT2D eigenvalue weighted by Crippen LogP contribution is 2.32. The number of aromatic nitrogens is 1. The molecule has 0 fully saturated rings. The zero-order chi connectivity index (χ0) is 20.2. The fourth-order valence-electron chi connectivity index (χ4n) is 2.96. The van der Waals surface area contributed by atoms with Crippen LogP contribution in [0.25, 0.3) is 16.3 Å². The molecule has 1 aromatic heterocycles. The zero-order valence-electron chi connectivity index (χ0n) is 15.8. The average molecular weight is 406 g/mol. The van der Waals surface area contributed by atoms with E-state index in [-0.39, 0.29) is 12.7 Å². The number of fused-ring (bicyclic) bond motifs is 2. The van der Waals surface area contributed by atoms with E-state index >= 15 is 0 Å². The fraction of sp³-hybridized carbons (Fsp3) is 0.182. The minimum Gasteiger partial charge on any atom is -0.494 e. The summed E-state index contributed by atoms with van der Waals surface area (Å²) in [5, 5.41) is 0. The number of rotatable bonds is 5. The lowest BCUT2D eigenvalue weighted by Crippen LogP contribution is -2.15. The van der Waals surface area contributed by atoms with Crippen LogP contribution in [0.15, 0.2) is 47.5 Å². The Morgan fingerprint density at radius 1 is 1.31 bits per heavy atom. The minimum absolute atomic E-state index is 0.211. The third-order valence-corrected chi connectivity index (χ3v) is 5.28. The molecule has 0 radical (unpaired) electrons. The van der Waals surface area contributed by atoms with Crippen LogP contribution in [0.1, 0.15) is 12.5 Å². The Morgan fingerprint density at radius 3 is 3.00 bits per heavy atom. The topological polar surface area (TPSA) is 62.1 Å². The molecule has 6 nitrogen and oxygen atoms in total. The van der Waals surface area contributed by atoms with E-state index in [0.717, 1.165) is 21.5 Å². The lowest BCUT2D eigenvalue weighted by molar-refractivity contribution is -0.113. The average Bonchev–Trinajstić information content (AvgIpc) is 3.31. The van der Waals surface area contributed by atoms with Gasteiger partial charge in [-0.1, -0.05) is 23.3 Å².